The van der Waals surface area contributed by atoms with Crippen LogP contribution >= 0.6 is 12.0 Å². The van der Waals surface area contributed by atoms with Crippen LogP contribution in [0.25, 0.3) is 0 Å². The first kappa shape index (κ1) is 11.0. The molecule has 1 saturated heterocycles. The summed E-state index contributed by atoms with van der Waals surface area (Å²) in [6, 6.07) is 0. The van der Waals surface area contributed by atoms with E-state index in [1.807, 2.05) is 6.08 Å². The lowest BCUT2D eigenvalue weighted by atomic mass is 10.1. The van der Waals surface area contributed by atoms with E-state index in [1.54, 1.807) is 6.08 Å². The highest BCUT2D eigenvalue weighted by Crippen LogP contribution is 2.32. The van der Waals surface area contributed by atoms with Crippen molar-refractivity contribution in [2.45, 2.75) is 11.9 Å². The fraction of sp³-hybridized carbons (Fsp3) is 0.556. The van der Waals surface area contributed by atoms with Crippen LogP contribution in [0, 0.1) is 5.92 Å². The molecule has 0 saturated carbocycles. The predicted molar refractivity (Wildman–Crippen MR) is 58.8 cm³/mol. The third-order valence-corrected chi connectivity index (χ3v) is 4.43. The summed E-state index contributed by atoms with van der Waals surface area (Å²) in [7, 11) is -0.936. The molecule has 1 aliphatic rings. The smallest absolute Gasteiger partial charge is 0.151 e. The van der Waals surface area contributed by atoms with Gasteiger partial charge < -0.3 is 0 Å². The Morgan fingerprint density at radius 3 is 2.92 bits per heavy atom. The maximum absolute atomic E-state index is 11.6. The molecule has 13 heavy (non-hydrogen) atoms. The van der Waals surface area contributed by atoms with E-state index in [4.69, 9.17) is 4.18 Å². The molecule has 1 aliphatic heterocycles. The van der Waals surface area contributed by atoms with Crippen LogP contribution in [0.1, 0.15) is 6.42 Å². The van der Waals surface area contributed by atoms with Gasteiger partial charge in [-0.15, -0.1) is 13.2 Å². The molecule has 3 unspecified atom stereocenters. The Morgan fingerprint density at radius 1 is 1.54 bits per heavy atom. The zero-order valence-corrected chi connectivity index (χ0v) is 9.11. The van der Waals surface area contributed by atoms with Gasteiger partial charge in [-0.1, -0.05) is 12.2 Å². The maximum Gasteiger partial charge on any atom is 0.151 e. The molecule has 0 aromatic heterocycles. The van der Waals surface area contributed by atoms with Gasteiger partial charge in [0.15, 0.2) is 5.44 Å². The van der Waals surface area contributed by atoms with Crippen LogP contribution in [-0.4, -0.2) is 21.2 Å². The van der Waals surface area contributed by atoms with Gasteiger partial charge in [-0.05, 0) is 18.5 Å². The summed E-state index contributed by atoms with van der Waals surface area (Å²) in [5, 5.41) is 0. The normalized spacial score (nSPS) is 29.8. The first-order valence-corrected chi connectivity index (χ1v) is 6.46. The Balaban J connectivity index is 2.51. The molecule has 0 spiro atoms. The molecule has 4 heteroatoms. The topological polar surface area (TPSA) is 26.3 Å². The van der Waals surface area contributed by atoms with Gasteiger partial charge in [0.1, 0.15) is 0 Å². The van der Waals surface area contributed by atoms with Crippen molar-refractivity contribution in [3.05, 3.63) is 25.3 Å². The van der Waals surface area contributed by atoms with E-state index in [0.717, 1.165) is 12.2 Å². The van der Waals surface area contributed by atoms with Crippen LogP contribution in [0.15, 0.2) is 25.3 Å². The summed E-state index contributed by atoms with van der Waals surface area (Å²) in [5.74, 6) is 1.78. The summed E-state index contributed by atoms with van der Waals surface area (Å²) in [6.45, 7) is 7.25. The average molecular weight is 218 g/mol. The largest absolute Gasteiger partial charge is 0.298 e. The summed E-state index contributed by atoms with van der Waals surface area (Å²) in [4.78, 5) is 0. The van der Waals surface area contributed by atoms with Crippen LogP contribution in [0.4, 0.5) is 0 Å². The minimum absolute atomic E-state index is 0.138. The molecule has 1 fully saturated rings. The van der Waals surface area contributed by atoms with Crippen molar-refractivity contribution in [1.29, 1.82) is 0 Å². The van der Waals surface area contributed by atoms with Crippen LogP contribution < -0.4 is 0 Å². The fourth-order valence-electron chi connectivity index (χ4n) is 1.21. The van der Waals surface area contributed by atoms with Crippen molar-refractivity contribution in [3.8, 4) is 0 Å². The molecule has 1 heterocycles. The minimum atomic E-state index is -0.936. The highest BCUT2D eigenvalue weighted by molar-refractivity contribution is 7.96. The Bertz CT molecular complexity index is 216. The quantitative estimate of drug-likeness (QED) is 0.522. The molecule has 0 aromatic carbocycles. The highest BCUT2D eigenvalue weighted by atomic mass is 32.2. The molecule has 0 N–H and O–H groups in total. The number of hydrogen-bond acceptors (Lipinski definition) is 3. The molecule has 0 aliphatic carbocycles. The van der Waals surface area contributed by atoms with Crippen LogP contribution in [0.2, 0.25) is 0 Å². The van der Waals surface area contributed by atoms with Crippen LogP contribution in [0.5, 0.6) is 0 Å². The molecule has 0 radical (unpaired) electrons. The Labute approximate surface area is 86.1 Å². The molecular weight excluding hydrogens is 204 g/mol. The third kappa shape index (κ3) is 2.97. The van der Waals surface area contributed by atoms with Crippen molar-refractivity contribution in [3.63, 3.8) is 0 Å². The standard InChI is InChI=1S/C9H14O2S2/c1-3-5-8-7-12-11-9(8)13(10)6-4-2/h3-4,8-9H,1-2,5-7H2. The van der Waals surface area contributed by atoms with Crippen LogP contribution in [-0.2, 0) is 15.0 Å². The van der Waals surface area contributed by atoms with Gasteiger partial charge in [-0.25, -0.2) is 0 Å². The van der Waals surface area contributed by atoms with E-state index in [2.05, 4.69) is 13.2 Å². The number of rotatable bonds is 5. The lowest BCUT2D eigenvalue weighted by Gasteiger charge is -2.13. The lowest BCUT2D eigenvalue weighted by Crippen LogP contribution is -2.23. The summed E-state index contributed by atoms with van der Waals surface area (Å²) in [6.07, 6.45) is 4.41. The molecular formula is C9H14O2S2. The second-order valence-electron chi connectivity index (χ2n) is 2.87. The lowest BCUT2D eigenvalue weighted by molar-refractivity contribution is 0.296. The average Bonchev–Trinajstić information content (AvgIpc) is 2.54. The molecule has 74 valence electrons. The van der Waals surface area contributed by atoms with Gasteiger partial charge in [0.2, 0.25) is 0 Å². The van der Waals surface area contributed by atoms with Crippen molar-refractivity contribution >= 4 is 22.8 Å². The van der Waals surface area contributed by atoms with Gasteiger partial charge in [0.25, 0.3) is 0 Å². The van der Waals surface area contributed by atoms with E-state index in [0.29, 0.717) is 11.7 Å². The van der Waals surface area contributed by atoms with E-state index in [1.165, 1.54) is 12.0 Å². The van der Waals surface area contributed by atoms with E-state index < -0.39 is 10.8 Å². The Morgan fingerprint density at radius 2 is 2.31 bits per heavy atom. The van der Waals surface area contributed by atoms with Gasteiger partial charge >= 0.3 is 0 Å². The number of allylic oxidation sites excluding steroid dienone is 1. The van der Waals surface area contributed by atoms with Crippen molar-refractivity contribution < 1.29 is 8.39 Å². The van der Waals surface area contributed by atoms with Crippen molar-refractivity contribution in [2.24, 2.45) is 5.92 Å². The SMILES string of the molecule is C=CCC1CSOC1S(=O)CC=C. The van der Waals surface area contributed by atoms with E-state index in [9.17, 15) is 4.21 Å². The Kier molecular flexibility index (Phi) is 4.77. The van der Waals surface area contributed by atoms with Crippen molar-refractivity contribution in [1.82, 2.24) is 0 Å². The maximum atomic E-state index is 11.6. The second-order valence-corrected chi connectivity index (χ2v) is 5.19. The Hall–Kier alpha value is -0.0600. The molecule has 0 bridgehead atoms. The second kappa shape index (κ2) is 5.62. The highest BCUT2D eigenvalue weighted by Gasteiger charge is 2.32. The van der Waals surface area contributed by atoms with Gasteiger partial charge in [-0.2, -0.15) is 0 Å². The zero-order chi connectivity index (χ0) is 9.68. The molecule has 0 amide bonds. The van der Waals surface area contributed by atoms with Crippen LogP contribution in [0.3, 0.4) is 0 Å². The zero-order valence-electron chi connectivity index (χ0n) is 7.48. The first-order chi connectivity index (χ1) is 6.29. The van der Waals surface area contributed by atoms with E-state index in [-0.39, 0.29) is 5.44 Å². The fourth-order valence-corrected chi connectivity index (χ4v) is 3.77. The van der Waals surface area contributed by atoms with E-state index >= 15 is 0 Å². The summed E-state index contributed by atoms with van der Waals surface area (Å²) in [5.41, 5.74) is -0.138. The molecule has 3 atom stereocenters. The molecule has 1 rings (SSSR count). The predicted octanol–water partition coefficient (Wildman–Crippen LogP) is 2.12. The first-order valence-electron chi connectivity index (χ1n) is 4.16. The molecule has 0 aromatic rings. The van der Waals surface area contributed by atoms with Gasteiger partial charge in [-0.3, -0.25) is 8.39 Å². The summed E-state index contributed by atoms with van der Waals surface area (Å²) < 4.78 is 17.0. The molecule has 2 nitrogen and oxygen atoms in total. The van der Waals surface area contributed by atoms with Gasteiger partial charge in [0, 0.05) is 17.4 Å². The third-order valence-electron chi connectivity index (χ3n) is 1.84. The number of hydrogen-bond donors (Lipinski definition) is 0. The van der Waals surface area contributed by atoms with Gasteiger partial charge in [0.05, 0.1) is 10.8 Å². The minimum Gasteiger partial charge on any atom is -0.298 e. The summed E-state index contributed by atoms with van der Waals surface area (Å²) >= 11 is 1.41. The van der Waals surface area contributed by atoms with Crippen molar-refractivity contribution in [2.75, 3.05) is 11.5 Å². The monoisotopic (exact) mass is 218 g/mol.